The van der Waals surface area contributed by atoms with Gasteiger partial charge in [-0.2, -0.15) is 5.10 Å². The number of benzene rings is 1. The number of H-pyrrole nitrogens is 1. The molecule has 0 spiro atoms. The zero-order valence-electron chi connectivity index (χ0n) is 13.8. The Morgan fingerprint density at radius 2 is 2.16 bits per heavy atom. The van der Waals surface area contributed by atoms with Crippen LogP contribution < -0.4 is 15.8 Å². The van der Waals surface area contributed by atoms with E-state index in [4.69, 9.17) is 11.6 Å². The van der Waals surface area contributed by atoms with Gasteiger partial charge >= 0.3 is 0 Å². The molecule has 1 aliphatic heterocycles. The number of aromatic amines is 1. The Kier molecular flexibility index (Phi) is 5.24. The molecule has 0 saturated carbocycles. The van der Waals surface area contributed by atoms with Gasteiger partial charge in [-0.3, -0.25) is 4.79 Å². The van der Waals surface area contributed by atoms with Gasteiger partial charge in [0, 0.05) is 24.3 Å². The van der Waals surface area contributed by atoms with E-state index in [9.17, 15) is 14.3 Å². The molecule has 3 rings (SSSR count). The summed E-state index contributed by atoms with van der Waals surface area (Å²) in [5, 5.41) is 18.8. The molecule has 1 aromatic heterocycles. The monoisotopic (exact) mass is 366 g/mol. The fraction of sp³-hybridized carbons (Fsp3) is 0.412. The van der Waals surface area contributed by atoms with E-state index in [0.29, 0.717) is 31.6 Å². The Balaban J connectivity index is 1.88. The molecule has 2 aromatic rings. The van der Waals surface area contributed by atoms with E-state index in [1.165, 1.54) is 18.3 Å². The minimum Gasteiger partial charge on any atom is -0.393 e. The number of aliphatic hydroxyl groups excluding tert-OH is 1. The van der Waals surface area contributed by atoms with Crippen LogP contribution in [0.15, 0.2) is 29.2 Å². The maximum Gasteiger partial charge on any atom is 0.285 e. The van der Waals surface area contributed by atoms with Crippen LogP contribution in [0.3, 0.4) is 0 Å². The molecule has 0 aliphatic carbocycles. The Morgan fingerprint density at radius 1 is 1.44 bits per heavy atom. The van der Waals surface area contributed by atoms with Crippen LogP contribution in [-0.4, -0.2) is 34.5 Å². The molecule has 2 heterocycles. The lowest BCUT2D eigenvalue weighted by molar-refractivity contribution is 0.145. The second-order valence-corrected chi connectivity index (χ2v) is 6.59. The molecule has 1 aromatic carbocycles. The number of aliphatic hydroxyl groups is 1. The van der Waals surface area contributed by atoms with Gasteiger partial charge in [-0.1, -0.05) is 11.6 Å². The predicted molar refractivity (Wildman–Crippen MR) is 95.8 cm³/mol. The van der Waals surface area contributed by atoms with E-state index in [-0.39, 0.29) is 23.0 Å². The lowest BCUT2D eigenvalue weighted by atomic mass is 10.0. The first-order valence-electron chi connectivity index (χ1n) is 8.18. The van der Waals surface area contributed by atoms with Crippen molar-refractivity contribution in [1.82, 2.24) is 10.2 Å². The molecule has 0 amide bonds. The fourth-order valence-electron chi connectivity index (χ4n) is 3.06. The zero-order chi connectivity index (χ0) is 18.0. The predicted octanol–water partition coefficient (Wildman–Crippen LogP) is 2.70. The third kappa shape index (κ3) is 3.93. The average molecular weight is 367 g/mol. The molecule has 8 heteroatoms. The summed E-state index contributed by atoms with van der Waals surface area (Å²) in [6.45, 7) is 3.29. The third-order valence-electron chi connectivity index (χ3n) is 4.43. The molecule has 0 bridgehead atoms. The number of halogens is 2. The van der Waals surface area contributed by atoms with E-state index < -0.39 is 5.56 Å². The molecule has 134 valence electrons. The number of nitrogens with one attached hydrogen (secondary N) is 2. The van der Waals surface area contributed by atoms with Gasteiger partial charge in [0.15, 0.2) is 0 Å². The minimum absolute atomic E-state index is 0.0147. The van der Waals surface area contributed by atoms with Gasteiger partial charge in [-0.15, -0.1) is 0 Å². The van der Waals surface area contributed by atoms with Crippen LogP contribution in [-0.2, 0) is 0 Å². The number of hydrogen-bond donors (Lipinski definition) is 3. The average Bonchev–Trinajstić information content (AvgIpc) is 2.60. The van der Waals surface area contributed by atoms with Crippen molar-refractivity contribution in [2.45, 2.75) is 31.9 Å². The van der Waals surface area contributed by atoms with Crippen LogP contribution in [0.1, 0.15) is 31.4 Å². The van der Waals surface area contributed by atoms with Crippen LogP contribution in [0.25, 0.3) is 0 Å². The first kappa shape index (κ1) is 17.7. The SMILES string of the molecule is CC(Nc1cn[nH]c(=O)c1Cl)c1cc(F)ccc1N1CCC(O)CC1. The van der Waals surface area contributed by atoms with Crippen LogP contribution in [0, 0.1) is 5.82 Å². The summed E-state index contributed by atoms with van der Waals surface area (Å²) >= 11 is 6.00. The molecular formula is C17H20ClFN4O2. The third-order valence-corrected chi connectivity index (χ3v) is 4.80. The van der Waals surface area contributed by atoms with Crippen molar-refractivity contribution in [3.05, 3.63) is 51.2 Å². The van der Waals surface area contributed by atoms with Crippen molar-refractivity contribution in [3.8, 4) is 0 Å². The molecule has 3 N–H and O–H groups in total. The van der Waals surface area contributed by atoms with Gasteiger partial charge in [0.05, 0.1) is 24.0 Å². The number of hydrogen-bond acceptors (Lipinski definition) is 5. The van der Waals surface area contributed by atoms with Crippen molar-refractivity contribution < 1.29 is 9.50 Å². The maximum absolute atomic E-state index is 13.8. The second kappa shape index (κ2) is 7.41. The summed E-state index contributed by atoms with van der Waals surface area (Å²) in [5.74, 6) is -0.334. The largest absolute Gasteiger partial charge is 0.393 e. The number of nitrogens with zero attached hydrogens (tertiary/aromatic N) is 2. The number of anilines is 2. The van der Waals surface area contributed by atoms with Crippen molar-refractivity contribution >= 4 is 23.0 Å². The van der Waals surface area contributed by atoms with E-state index >= 15 is 0 Å². The zero-order valence-corrected chi connectivity index (χ0v) is 14.6. The fourth-order valence-corrected chi connectivity index (χ4v) is 3.21. The molecule has 1 atom stereocenters. The minimum atomic E-state index is -0.483. The van der Waals surface area contributed by atoms with Gasteiger partial charge in [0.25, 0.3) is 5.56 Å². The molecule has 1 unspecified atom stereocenters. The van der Waals surface area contributed by atoms with Crippen molar-refractivity contribution in [2.24, 2.45) is 0 Å². The Morgan fingerprint density at radius 3 is 2.88 bits per heavy atom. The molecule has 1 saturated heterocycles. The highest BCUT2D eigenvalue weighted by Gasteiger charge is 2.22. The summed E-state index contributed by atoms with van der Waals surface area (Å²) in [4.78, 5) is 13.7. The molecule has 25 heavy (non-hydrogen) atoms. The molecule has 1 fully saturated rings. The Hall–Kier alpha value is -2.12. The number of rotatable bonds is 4. The van der Waals surface area contributed by atoms with Gasteiger partial charge in [-0.25, -0.2) is 9.49 Å². The van der Waals surface area contributed by atoms with E-state index in [2.05, 4.69) is 20.4 Å². The Bertz CT molecular complexity index is 805. The molecule has 6 nitrogen and oxygen atoms in total. The van der Waals surface area contributed by atoms with Gasteiger partial charge in [0.1, 0.15) is 10.8 Å². The topological polar surface area (TPSA) is 81.2 Å². The lowest BCUT2D eigenvalue weighted by Crippen LogP contribution is -2.36. The highest BCUT2D eigenvalue weighted by Crippen LogP contribution is 2.32. The molecular weight excluding hydrogens is 347 g/mol. The first-order chi connectivity index (χ1) is 12.0. The van der Waals surface area contributed by atoms with Gasteiger partial charge < -0.3 is 15.3 Å². The van der Waals surface area contributed by atoms with Crippen molar-refractivity contribution in [2.75, 3.05) is 23.3 Å². The van der Waals surface area contributed by atoms with Crippen LogP contribution in [0.2, 0.25) is 5.02 Å². The van der Waals surface area contributed by atoms with Gasteiger partial charge in [0.2, 0.25) is 0 Å². The first-order valence-corrected chi connectivity index (χ1v) is 8.55. The summed E-state index contributed by atoms with van der Waals surface area (Å²) in [7, 11) is 0. The van der Waals surface area contributed by atoms with Crippen LogP contribution in [0.5, 0.6) is 0 Å². The quantitative estimate of drug-likeness (QED) is 0.775. The van der Waals surface area contributed by atoms with Crippen molar-refractivity contribution in [3.63, 3.8) is 0 Å². The standard InChI is InChI=1S/C17H20ClFN4O2/c1-10(21-14-9-20-22-17(25)16(14)18)13-8-11(19)2-3-15(13)23-6-4-12(24)5-7-23/h2-3,8-10,12,24H,4-7H2,1H3,(H2,21,22,25). The maximum atomic E-state index is 13.8. The van der Waals surface area contributed by atoms with Crippen LogP contribution >= 0.6 is 11.6 Å². The smallest absolute Gasteiger partial charge is 0.285 e. The summed E-state index contributed by atoms with van der Waals surface area (Å²) < 4.78 is 13.8. The summed E-state index contributed by atoms with van der Waals surface area (Å²) in [6, 6.07) is 4.36. The van der Waals surface area contributed by atoms with Gasteiger partial charge in [-0.05, 0) is 38.0 Å². The molecule has 1 aliphatic rings. The van der Waals surface area contributed by atoms with Crippen LogP contribution in [0.4, 0.5) is 15.8 Å². The van der Waals surface area contributed by atoms with Crippen molar-refractivity contribution in [1.29, 1.82) is 0 Å². The summed E-state index contributed by atoms with van der Waals surface area (Å²) in [6.07, 6.45) is 2.51. The Labute approximate surface area is 149 Å². The molecule has 0 radical (unpaired) electrons. The highest BCUT2D eigenvalue weighted by molar-refractivity contribution is 6.32. The number of piperidine rings is 1. The van der Waals surface area contributed by atoms with E-state index in [1.54, 1.807) is 6.07 Å². The summed E-state index contributed by atoms with van der Waals surface area (Å²) in [5.41, 5.74) is 1.57. The normalized spacial score (nSPS) is 16.7. The van der Waals surface area contributed by atoms with E-state index in [1.807, 2.05) is 6.92 Å². The van der Waals surface area contributed by atoms with E-state index in [0.717, 1.165) is 11.3 Å². The number of aromatic nitrogens is 2. The lowest BCUT2D eigenvalue weighted by Gasteiger charge is -2.34. The highest BCUT2D eigenvalue weighted by atomic mass is 35.5. The second-order valence-electron chi connectivity index (χ2n) is 6.21.